The molecule has 0 bridgehead atoms. The van der Waals surface area contributed by atoms with Gasteiger partial charge in [0.15, 0.2) is 0 Å². The second kappa shape index (κ2) is 8.22. The zero-order valence-corrected chi connectivity index (χ0v) is 16.5. The maximum atomic E-state index is 12.6. The number of carbonyl (C=O) groups is 1. The normalized spacial score (nSPS) is 20.0. The highest BCUT2D eigenvalue weighted by Gasteiger charge is 2.28. The highest BCUT2D eigenvalue weighted by molar-refractivity contribution is 9.10. The smallest absolute Gasteiger partial charge is 0.253 e. The predicted octanol–water partition coefficient (Wildman–Crippen LogP) is 2.37. The van der Waals surface area contributed by atoms with Gasteiger partial charge >= 0.3 is 0 Å². The molecule has 2 aliphatic heterocycles. The second-order valence-electron chi connectivity index (χ2n) is 6.60. The standard InChI is InChI=1S/C19H21BrN4O3/c20-15-3-1-14(2-4-15)19(25)24-6-5-16(12-24)27-18-11-17(21-13-22-18)23-7-9-26-10-8-23/h1-4,11,13,16H,5-10,12H2. The maximum absolute atomic E-state index is 12.6. The largest absolute Gasteiger partial charge is 0.472 e. The fourth-order valence-electron chi connectivity index (χ4n) is 3.31. The number of hydrogen-bond donors (Lipinski definition) is 0. The molecule has 1 unspecified atom stereocenters. The second-order valence-corrected chi connectivity index (χ2v) is 7.52. The van der Waals surface area contributed by atoms with Crippen molar-refractivity contribution >= 4 is 27.7 Å². The van der Waals surface area contributed by atoms with Gasteiger partial charge in [-0.05, 0) is 24.3 Å². The molecule has 0 spiro atoms. The number of morpholine rings is 1. The number of hydrogen-bond acceptors (Lipinski definition) is 6. The first-order valence-corrected chi connectivity index (χ1v) is 9.84. The molecule has 1 aromatic carbocycles. The Balaban J connectivity index is 1.37. The Morgan fingerprint density at radius 1 is 1.15 bits per heavy atom. The number of aromatic nitrogens is 2. The number of rotatable bonds is 4. The van der Waals surface area contributed by atoms with Crippen LogP contribution in [0, 0.1) is 0 Å². The molecule has 4 rings (SSSR count). The minimum atomic E-state index is -0.0585. The molecule has 142 valence electrons. The molecule has 0 radical (unpaired) electrons. The summed E-state index contributed by atoms with van der Waals surface area (Å²) in [5.74, 6) is 1.43. The van der Waals surface area contributed by atoms with Gasteiger partial charge in [-0.25, -0.2) is 9.97 Å². The fraction of sp³-hybridized carbons (Fsp3) is 0.421. The van der Waals surface area contributed by atoms with E-state index >= 15 is 0 Å². The highest BCUT2D eigenvalue weighted by atomic mass is 79.9. The molecule has 7 nitrogen and oxygen atoms in total. The molecule has 1 amide bonds. The van der Waals surface area contributed by atoms with Gasteiger partial charge in [0.25, 0.3) is 5.91 Å². The molecule has 0 aliphatic carbocycles. The molecular formula is C19H21BrN4O3. The van der Waals surface area contributed by atoms with Crippen LogP contribution in [-0.2, 0) is 4.74 Å². The third kappa shape index (κ3) is 4.39. The lowest BCUT2D eigenvalue weighted by molar-refractivity contribution is 0.0771. The number of ether oxygens (including phenoxy) is 2. The van der Waals surface area contributed by atoms with Crippen LogP contribution in [0.4, 0.5) is 5.82 Å². The van der Waals surface area contributed by atoms with Crippen LogP contribution in [0.15, 0.2) is 41.1 Å². The van der Waals surface area contributed by atoms with Crippen molar-refractivity contribution in [2.45, 2.75) is 12.5 Å². The fourth-order valence-corrected chi connectivity index (χ4v) is 3.58. The third-order valence-electron chi connectivity index (χ3n) is 4.77. The Bertz CT molecular complexity index is 796. The van der Waals surface area contributed by atoms with Crippen molar-refractivity contribution in [2.24, 2.45) is 0 Å². The summed E-state index contributed by atoms with van der Waals surface area (Å²) in [6, 6.07) is 9.29. The summed E-state index contributed by atoms with van der Waals surface area (Å²) in [6.45, 7) is 4.28. The van der Waals surface area contributed by atoms with E-state index < -0.39 is 0 Å². The van der Waals surface area contributed by atoms with Crippen LogP contribution in [-0.4, -0.2) is 66.3 Å². The average molecular weight is 433 g/mol. The number of halogens is 1. The lowest BCUT2D eigenvalue weighted by Crippen LogP contribution is -2.36. The topological polar surface area (TPSA) is 67.8 Å². The molecule has 1 aromatic heterocycles. The number of carbonyl (C=O) groups excluding carboxylic acids is 1. The molecule has 2 aromatic rings. The Hall–Kier alpha value is -2.19. The van der Waals surface area contributed by atoms with E-state index in [0.29, 0.717) is 37.7 Å². The molecule has 27 heavy (non-hydrogen) atoms. The SMILES string of the molecule is O=C(c1ccc(Br)cc1)N1CCC(Oc2cc(N3CCOCC3)ncn2)C1. The van der Waals surface area contributed by atoms with Gasteiger partial charge in [0.05, 0.1) is 19.8 Å². The van der Waals surface area contributed by atoms with E-state index in [9.17, 15) is 4.79 Å². The summed E-state index contributed by atoms with van der Waals surface area (Å²) >= 11 is 3.39. The summed E-state index contributed by atoms with van der Waals surface area (Å²) in [5.41, 5.74) is 0.690. The van der Waals surface area contributed by atoms with E-state index in [0.717, 1.165) is 29.8 Å². The Morgan fingerprint density at radius 2 is 1.93 bits per heavy atom. The quantitative estimate of drug-likeness (QED) is 0.738. The first-order chi connectivity index (χ1) is 13.2. The van der Waals surface area contributed by atoms with Crippen LogP contribution in [0.3, 0.4) is 0 Å². The molecule has 0 N–H and O–H groups in total. The van der Waals surface area contributed by atoms with Crippen molar-refractivity contribution < 1.29 is 14.3 Å². The number of amides is 1. The van der Waals surface area contributed by atoms with Crippen molar-refractivity contribution in [1.29, 1.82) is 0 Å². The van der Waals surface area contributed by atoms with Gasteiger partial charge < -0.3 is 19.3 Å². The highest BCUT2D eigenvalue weighted by Crippen LogP contribution is 2.22. The van der Waals surface area contributed by atoms with E-state index in [1.54, 1.807) is 0 Å². The molecular weight excluding hydrogens is 412 g/mol. The molecule has 3 heterocycles. The van der Waals surface area contributed by atoms with E-state index in [2.05, 4.69) is 30.8 Å². The number of likely N-dealkylation sites (tertiary alicyclic amines) is 1. The zero-order chi connectivity index (χ0) is 18.6. The minimum absolute atomic E-state index is 0.0327. The zero-order valence-electron chi connectivity index (χ0n) is 14.9. The first-order valence-electron chi connectivity index (χ1n) is 9.05. The van der Waals surface area contributed by atoms with E-state index in [1.807, 2.05) is 35.2 Å². The third-order valence-corrected chi connectivity index (χ3v) is 5.30. The molecule has 2 saturated heterocycles. The molecule has 0 saturated carbocycles. The van der Waals surface area contributed by atoms with E-state index in [4.69, 9.17) is 9.47 Å². The van der Waals surface area contributed by atoms with Crippen LogP contribution in [0.2, 0.25) is 0 Å². The summed E-state index contributed by atoms with van der Waals surface area (Å²) in [5, 5.41) is 0. The van der Waals surface area contributed by atoms with Crippen molar-refractivity contribution in [3.05, 3.63) is 46.7 Å². The molecule has 8 heteroatoms. The minimum Gasteiger partial charge on any atom is -0.472 e. The van der Waals surface area contributed by atoms with Gasteiger partial charge in [0, 0.05) is 42.2 Å². The van der Waals surface area contributed by atoms with Gasteiger partial charge in [-0.15, -0.1) is 0 Å². The summed E-state index contributed by atoms with van der Waals surface area (Å²) in [4.78, 5) is 25.2. The molecule has 1 atom stereocenters. The maximum Gasteiger partial charge on any atom is 0.253 e. The van der Waals surface area contributed by atoms with Crippen molar-refractivity contribution in [3.8, 4) is 5.88 Å². The van der Waals surface area contributed by atoms with Crippen molar-refractivity contribution in [2.75, 3.05) is 44.3 Å². The van der Waals surface area contributed by atoms with Gasteiger partial charge in [-0.1, -0.05) is 15.9 Å². The van der Waals surface area contributed by atoms with Crippen molar-refractivity contribution in [1.82, 2.24) is 14.9 Å². The van der Waals surface area contributed by atoms with Crippen LogP contribution < -0.4 is 9.64 Å². The van der Waals surface area contributed by atoms with Gasteiger partial charge in [-0.2, -0.15) is 0 Å². The average Bonchev–Trinajstić information content (AvgIpc) is 3.17. The summed E-state index contributed by atoms with van der Waals surface area (Å²) in [6.07, 6.45) is 2.26. The number of benzene rings is 1. The van der Waals surface area contributed by atoms with Crippen LogP contribution in [0.25, 0.3) is 0 Å². The van der Waals surface area contributed by atoms with Gasteiger partial charge in [0.2, 0.25) is 5.88 Å². The Labute approximate surface area is 166 Å². The first kappa shape index (κ1) is 18.2. The van der Waals surface area contributed by atoms with E-state index in [-0.39, 0.29) is 12.0 Å². The lowest BCUT2D eigenvalue weighted by Gasteiger charge is -2.27. The van der Waals surface area contributed by atoms with E-state index in [1.165, 1.54) is 6.33 Å². The Morgan fingerprint density at radius 3 is 2.70 bits per heavy atom. The summed E-state index contributed by atoms with van der Waals surface area (Å²) in [7, 11) is 0. The van der Waals surface area contributed by atoms with Gasteiger partial charge in [0.1, 0.15) is 18.2 Å². The number of nitrogens with zero attached hydrogens (tertiary/aromatic N) is 4. The Kier molecular flexibility index (Phi) is 5.54. The van der Waals surface area contributed by atoms with Crippen LogP contribution in [0.5, 0.6) is 5.88 Å². The van der Waals surface area contributed by atoms with Crippen LogP contribution >= 0.6 is 15.9 Å². The summed E-state index contributed by atoms with van der Waals surface area (Å²) < 4.78 is 12.4. The molecule has 2 fully saturated rings. The van der Waals surface area contributed by atoms with Gasteiger partial charge in [-0.3, -0.25) is 4.79 Å². The number of anilines is 1. The lowest BCUT2D eigenvalue weighted by atomic mass is 10.2. The van der Waals surface area contributed by atoms with Crippen molar-refractivity contribution in [3.63, 3.8) is 0 Å². The monoisotopic (exact) mass is 432 g/mol. The van der Waals surface area contributed by atoms with Crippen LogP contribution in [0.1, 0.15) is 16.8 Å². The molecule has 2 aliphatic rings. The predicted molar refractivity (Wildman–Crippen MR) is 104 cm³/mol.